The molecule has 1 saturated carbocycles. The molecule has 1 aliphatic carbocycles. The van der Waals surface area contributed by atoms with Crippen LogP contribution in [0.4, 0.5) is 0 Å². The highest BCUT2D eigenvalue weighted by Crippen LogP contribution is 2.46. The van der Waals surface area contributed by atoms with Gasteiger partial charge in [0.2, 0.25) is 5.91 Å². The molecule has 1 aliphatic heterocycles. The summed E-state index contributed by atoms with van der Waals surface area (Å²) in [6.45, 7) is 0.775. The first-order valence-electron chi connectivity index (χ1n) is 6.08. The number of carbonyl (C=O) groups excluding carboxylic acids is 1. The van der Waals surface area contributed by atoms with Gasteiger partial charge in [-0.25, -0.2) is 0 Å². The van der Waals surface area contributed by atoms with Gasteiger partial charge in [0, 0.05) is 13.6 Å². The van der Waals surface area contributed by atoms with Gasteiger partial charge in [0.25, 0.3) is 0 Å². The van der Waals surface area contributed by atoms with E-state index in [-0.39, 0.29) is 5.41 Å². The Morgan fingerprint density at radius 2 is 1.88 bits per heavy atom. The molecule has 1 spiro atoms. The summed E-state index contributed by atoms with van der Waals surface area (Å²) < 4.78 is 0. The summed E-state index contributed by atoms with van der Waals surface area (Å²) in [5.41, 5.74) is 2.46. The van der Waals surface area contributed by atoms with Crippen molar-refractivity contribution in [1.82, 2.24) is 4.90 Å². The largest absolute Gasteiger partial charge is 0.341 e. The fraction of sp³-hybridized carbons (Fsp3) is 0.500. The molecule has 0 radical (unpaired) electrons. The number of amides is 1. The van der Waals surface area contributed by atoms with E-state index < -0.39 is 0 Å². The SMILES string of the molecule is CN1Cc2ccccc2C2(CCCC2)C1=O. The number of likely N-dealkylation sites (N-methyl/N-ethyl adjacent to an activating group) is 1. The van der Waals surface area contributed by atoms with Crippen molar-refractivity contribution < 1.29 is 4.79 Å². The first-order valence-corrected chi connectivity index (χ1v) is 6.08. The molecule has 1 aromatic rings. The highest BCUT2D eigenvalue weighted by Gasteiger charge is 2.47. The lowest BCUT2D eigenvalue weighted by Gasteiger charge is -2.39. The molecule has 1 amide bonds. The molecule has 16 heavy (non-hydrogen) atoms. The lowest BCUT2D eigenvalue weighted by atomic mass is 9.73. The van der Waals surface area contributed by atoms with Crippen molar-refractivity contribution in [3.05, 3.63) is 35.4 Å². The monoisotopic (exact) mass is 215 g/mol. The van der Waals surface area contributed by atoms with Crippen molar-refractivity contribution in [2.45, 2.75) is 37.6 Å². The van der Waals surface area contributed by atoms with E-state index in [0.29, 0.717) is 5.91 Å². The zero-order chi connectivity index (χ0) is 11.2. The van der Waals surface area contributed by atoms with Gasteiger partial charge in [-0.05, 0) is 24.0 Å². The molecule has 0 saturated heterocycles. The predicted octanol–water partition coefficient (Wildman–Crippen LogP) is 2.47. The molecule has 1 heterocycles. The Morgan fingerprint density at radius 3 is 2.62 bits per heavy atom. The van der Waals surface area contributed by atoms with Gasteiger partial charge in [0.1, 0.15) is 0 Å². The van der Waals surface area contributed by atoms with Gasteiger partial charge in [-0.3, -0.25) is 4.79 Å². The molecule has 0 aromatic heterocycles. The number of carbonyl (C=O) groups is 1. The lowest BCUT2D eigenvalue weighted by Crippen LogP contribution is -2.47. The third kappa shape index (κ3) is 1.16. The summed E-state index contributed by atoms with van der Waals surface area (Å²) in [6.07, 6.45) is 4.45. The van der Waals surface area contributed by atoms with Crippen molar-refractivity contribution in [3.8, 4) is 0 Å². The number of hydrogen-bond donors (Lipinski definition) is 0. The van der Waals surface area contributed by atoms with E-state index in [1.54, 1.807) is 0 Å². The Morgan fingerprint density at radius 1 is 1.19 bits per heavy atom. The van der Waals surface area contributed by atoms with Crippen LogP contribution in [-0.4, -0.2) is 17.9 Å². The maximum atomic E-state index is 12.4. The van der Waals surface area contributed by atoms with Crippen LogP contribution in [0.3, 0.4) is 0 Å². The summed E-state index contributed by atoms with van der Waals surface area (Å²) in [4.78, 5) is 14.3. The van der Waals surface area contributed by atoms with E-state index in [0.717, 1.165) is 19.4 Å². The number of fused-ring (bicyclic) bond motifs is 2. The fourth-order valence-electron chi connectivity index (χ4n) is 3.39. The van der Waals surface area contributed by atoms with Crippen LogP contribution in [0.15, 0.2) is 24.3 Å². The molecule has 1 fully saturated rings. The van der Waals surface area contributed by atoms with Crippen molar-refractivity contribution >= 4 is 5.91 Å². The number of nitrogens with zero attached hydrogens (tertiary/aromatic N) is 1. The topological polar surface area (TPSA) is 20.3 Å². The van der Waals surface area contributed by atoms with Crippen LogP contribution in [0.5, 0.6) is 0 Å². The minimum absolute atomic E-state index is 0.177. The van der Waals surface area contributed by atoms with E-state index in [1.807, 2.05) is 11.9 Å². The van der Waals surface area contributed by atoms with Crippen LogP contribution >= 0.6 is 0 Å². The summed E-state index contributed by atoms with van der Waals surface area (Å²) in [5.74, 6) is 0.337. The third-order valence-electron chi connectivity index (χ3n) is 4.15. The molecule has 3 rings (SSSR count). The quantitative estimate of drug-likeness (QED) is 0.651. The molecule has 2 aliphatic rings. The number of hydrogen-bond acceptors (Lipinski definition) is 1. The van der Waals surface area contributed by atoms with E-state index in [9.17, 15) is 4.79 Å². The Labute approximate surface area is 96.3 Å². The average molecular weight is 215 g/mol. The second-order valence-electron chi connectivity index (χ2n) is 5.11. The Hall–Kier alpha value is -1.31. The average Bonchev–Trinajstić information content (AvgIpc) is 2.77. The molecular weight excluding hydrogens is 198 g/mol. The minimum atomic E-state index is -0.177. The molecule has 1 aromatic carbocycles. The van der Waals surface area contributed by atoms with Crippen molar-refractivity contribution in [2.75, 3.05) is 7.05 Å². The van der Waals surface area contributed by atoms with Crippen LogP contribution in [0, 0.1) is 0 Å². The van der Waals surface area contributed by atoms with E-state index in [1.165, 1.54) is 24.0 Å². The molecule has 0 N–H and O–H groups in total. The van der Waals surface area contributed by atoms with Gasteiger partial charge in [0.15, 0.2) is 0 Å². The maximum Gasteiger partial charge on any atom is 0.233 e. The Balaban J connectivity index is 2.18. The van der Waals surface area contributed by atoms with E-state index in [2.05, 4.69) is 24.3 Å². The lowest BCUT2D eigenvalue weighted by molar-refractivity contribution is -0.137. The summed E-state index contributed by atoms with van der Waals surface area (Å²) in [5, 5.41) is 0. The van der Waals surface area contributed by atoms with Crippen LogP contribution in [0.2, 0.25) is 0 Å². The molecule has 84 valence electrons. The van der Waals surface area contributed by atoms with Crippen LogP contribution < -0.4 is 0 Å². The summed E-state index contributed by atoms with van der Waals surface area (Å²) in [7, 11) is 1.93. The zero-order valence-corrected chi connectivity index (χ0v) is 9.70. The predicted molar refractivity (Wildman–Crippen MR) is 63.1 cm³/mol. The molecule has 0 unspecified atom stereocenters. The first-order chi connectivity index (χ1) is 7.74. The van der Waals surface area contributed by atoms with Gasteiger partial charge in [-0.1, -0.05) is 37.1 Å². The summed E-state index contributed by atoms with van der Waals surface area (Å²) in [6, 6.07) is 8.46. The maximum absolute atomic E-state index is 12.4. The normalized spacial score (nSPS) is 22.6. The van der Waals surface area contributed by atoms with E-state index >= 15 is 0 Å². The van der Waals surface area contributed by atoms with Crippen molar-refractivity contribution in [3.63, 3.8) is 0 Å². The minimum Gasteiger partial charge on any atom is -0.341 e. The molecular formula is C14H17NO. The molecule has 2 nitrogen and oxygen atoms in total. The second-order valence-corrected chi connectivity index (χ2v) is 5.11. The third-order valence-corrected chi connectivity index (χ3v) is 4.15. The van der Waals surface area contributed by atoms with Crippen molar-refractivity contribution in [2.24, 2.45) is 0 Å². The van der Waals surface area contributed by atoms with Gasteiger partial charge in [-0.2, -0.15) is 0 Å². The van der Waals surface area contributed by atoms with Crippen molar-refractivity contribution in [1.29, 1.82) is 0 Å². The van der Waals surface area contributed by atoms with Crippen LogP contribution in [-0.2, 0) is 16.8 Å². The first kappa shape index (κ1) is 9.88. The van der Waals surface area contributed by atoms with Crippen LogP contribution in [0.1, 0.15) is 36.8 Å². The standard InChI is InChI=1S/C14H17NO/c1-15-10-11-6-2-3-7-12(11)14(13(15)16)8-4-5-9-14/h2-3,6-7H,4-5,8-10H2,1H3. The van der Waals surface area contributed by atoms with Gasteiger partial charge >= 0.3 is 0 Å². The second kappa shape index (κ2) is 3.34. The molecule has 0 atom stereocenters. The number of benzene rings is 1. The van der Waals surface area contributed by atoms with Gasteiger partial charge in [0.05, 0.1) is 5.41 Å². The van der Waals surface area contributed by atoms with Crippen LogP contribution in [0.25, 0.3) is 0 Å². The Bertz CT molecular complexity index is 432. The highest BCUT2D eigenvalue weighted by molar-refractivity contribution is 5.90. The summed E-state index contributed by atoms with van der Waals surface area (Å²) >= 11 is 0. The van der Waals surface area contributed by atoms with E-state index in [4.69, 9.17) is 0 Å². The number of rotatable bonds is 0. The molecule has 2 heteroatoms. The van der Waals surface area contributed by atoms with Gasteiger partial charge in [-0.15, -0.1) is 0 Å². The smallest absolute Gasteiger partial charge is 0.233 e. The fourth-order valence-corrected chi connectivity index (χ4v) is 3.39. The zero-order valence-electron chi connectivity index (χ0n) is 9.70. The molecule has 0 bridgehead atoms. The Kier molecular flexibility index (Phi) is 2.06. The van der Waals surface area contributed by atoms with Gasteiger partial charge < -0.3 is 4.90 Å². The highest BCUT2D eigenvalue weighted by atomic mass is 16.2.